The normalized spacial score (nSPS) is 12.4. The van der Waals surface area contributed by atoms with Gasteiger partial charge < -0.3 is 4.79 Å². The lowest BCUT2D eigenvalue weighted by Gasteiger charge is -2.16. The Balaban J connectivity index is 2.75. The number of carbonyl (C=O) groups excluding carboxylic acids is 1. The lowest BCUT2D eigenvalue weighted by Crippen LogP contribution is -2.06. The SMILES string of the molecule is CCCCCC(CC(C)=O)c1ccccc1F. The number of Topliss-reactive ketones (excluding diaryl/α,β-unsaturated/α-hetero) is 1. The second-order valence-electron chi connectivity index (χ2n) is 4.62. The fourth-order valence-electron chi connectivity index (χ4n) is 2.16. The maximum Gasteiger partial charge on any atom is 0.130 e. The molecule has 0 N–H and O–H groups in total. The summed E-state index contributed by atoms with van der Waals surface area (Å²) < 4.78 is 13.7. The average molecular weight is 236 g/mol. The Morgan fingerprint density at radius 3 is 2.59 bits per heavy atom. The standard InChI is InChI=1S/C15H21FO/c1-3-4-5-8-13(11-12(2)17)14-9-6-7-10-15(14)16/h6-7,9-10,13H,3-5,8,11H2,1-2H3. The molecule has 0 saturated heterocycles. The zero-order valence-electron chi connectivity index (χ0n) is 10.7. The molecule has 1 unspecified atom stereocenters. The van der Waals surface area contributed by atoms with Gasteiger partial charge in [-0.25, -0.2) is 4.39 Å². The van der Waals surface area contributed by atoms with Gasteiger partial charge in [-0.3, -0.25) is 0 Å². The number of halogens is 1. The third kappa shape index (κ3) is 4.68. The molecule has 1 aromatic carbocycles. The summed E-state index contributed by atoms with van der Waals surface area (Å²) in [4.78, 5) is 11.2. The monoisotopic (exact) mass is 236 g/mol. The highest BCUT2D eigenvalue weighted by Crippen LogP contribution is 2.28. The van der Waals surface area contributed by atoms with Crippen molar-refractivity contribution in [2.45, 2.75) is 51.9 Å². The summed E-state index contributed by atoms with van der Waals surface area (Å²) in [6, 6.07) is 6.80. The van der Waals surface area contributed by atoms with Gasteiger partial charge in [0.1, 0.15) is 11.6 Å². The maximum atomic E-state index is 13.7. The number of rotatable bonds is 7. The van der Waals surface area contributed by atoms with Crippen LogP contribution >= 0.6 is 0 Å². The maximum absolute atomic E-state index is 13.7. The van der Waals surface area contributed by atoms with Gasteiger partial charge in [-0.2, -0.15) is 0 Å². The molecule has 1 aromatic rings. The van der Waals surface area contributed by atoms with Gasteiger partial charge in [-0.15, -0.1) is 0 Å². The molecule has 0 radical (unpaired) electrons. The molecule has 0 heterocycles. The molecule has 0 aliphatic heterocycles. The summed E-state index contributed by atoms with van der Waals surface area (Å²) >= 11 is 0. The number of carbonyl (C=O) groups is 1. The van der Waals surface area contributed by atoms with Crippen molar-refractivity contribution in [3.63, 3.8) is 0 Å². The van der Waals surface area contributed by atoms with Gasteiger partial charge in [-0.05, 0) is 30.9 Å². The Hall–Kier alpha value is -1.18. The molecule has 0 bridgehead atoms. The van der Waals surface area contributed by atoms with Crippen LogP contribution in [0.3, 0.4) is 0 Å². The molecule has 0 spiro atoms. The van der Waals surface area contributed by atoms with Gasteiger partial charge in [0.25, 0.3) is 0 Å². The molecule has 0 aromatic heterocycles. The molecular formula is C15H21FO. The summed E-state index contributed by atoms with van der Waals surface area (Å²) in [7, 11) is 0. The van der Waals surface area contributed by atoms with E-state index < -0.39 is 0 Å². The zero-order chi connectivity index (χ0) is 12.7. The lowest BCUT2D eigenvalue weighted by atomic mass is 9.89. The smallest absolute Gasteiger partial charge is 0.130 e. The Morgan fingerprint density at radius 1 is 1.29 bits per heavy atom. The van der Waals surface area contributed by atoms with Crippen LogP contribution in [-0.4, -0.2) is 5.78 Å². The number of unbranched alkanes of at least 4 members (excludes halogenated alkanes) is 2. The predicted octanol–water partition coefficient (Wildman–Crippen LogP) is 4.47. The minimum atomic E-state index is -0.185. The van der Waals surface area contributed by atoms with Gasteiger partial charge in [0.05, 0.1) is 0 Å². The second-order valence-corrected chi connectivity index (χ2v) is 4.62. The largest absolute Gasteiger partial charge is 0.300 e. The molecule has 1 atom stereocenters. The van der Waals surface area contributed by atoms with E-state index in [2.05, 4.69) is 6.92 Å². The van der Waals surface area contributed by atoms with Gasteiger partial charge >= 0.3 is 0 Å². The highest BCUT2D eigenvalue weighted by atomic mass is 19.1. The summed E-state index contributed by atoms with van der Waals surface area (Å²) in [5, 5.41) is 0. The minimum Gasteiger partial charge on any atom is -0.300 e. The number of hydrogen-bond donors (Lipinski definition) is 0. The van der Waals surface area contributed by atoms with Crippen molar-refractivity contribution in [3.8, 4) is 0 Å². The summed E-state index contributed by atoms with van der Waals surface area (Å²) in [5.41, 5.74) is 0.693. The van der Waals surface area contributed by atoms with Crippen LogP contribution in [-0.2, 0) is 4.79 Å². The predicted molar refractivity (Wildman–Crippen MR) is 68.6 cm³/mol. The molecule has 0 fully saturated rings. The molecule has 0 aliphatic carbocycles. The fourth-order valence-corrected chi connectivity index (χ4v) is 2.16. The summed E-state index contributed by atoms with van der Waals surface area (Å²) in [6.07, 6.45) is 4.69. The van der Waals surface area contributed by atoms with Crippen LogP contribution < -0.4 is 0 Å². The Labute approximate surface area is 103 Å². The first-order chi connectivity index (χ1) is 8.15. The topological polar surface area (TPSA) is 17.1 Å². The fraction of sp³-hybridized carbons (Fsp3) is 0.533. The van der Waals surface area contributed by atoms with Crippen LogP contribution in [0.5, 0.6) is 0 Å². The quantitative estimate of drug-likeness (QED) is 0.638. The van der Waals surface area contributed by atoms with Gasteiger partial charge in [0, 0.05) is 6.42 Å². The van der Waals surface area contributed by atoms with Crippen LogP contribution in [0.15, 0.2) is 24.3 Å². The van der Waals surface area contributed by atoms with Crippen molar-refractivity contribution < 1.29 is 9.18 Å². The molecule has 0 aliphatic rings. The van der Waals surface area contributed by atoms with Crippen molar-refractivity contribution in [1.29, 1.82) is 0 Å². The summed E-state index contributed by atoms with van der Waals surface area (Å²) in [5.74, 6) is -0.00903. The van der Waals surface area contributed by atoms with Crippen LogP contribution in [0.4, 0.5) is 4.39 Å². The van der Waals surface area contributed by atoms with E-state index in [1.807, 2.05) is 6.07 Å². The first kappa shape index (κ1) is 13.9. The molecule has 1 nitrogen and oxygen atoms in total. The van der Waals surface area contributed by atoms with Crippen molar-refractivity contribution in [3.05, 3.63) is 35.6 Å². The molecule has 2 heteroatoms. The van der Waals surface area contributed by atoms with Crippen LogP contribution in [0.1, 0.15) is 57.4 Å². The minimum absolute atomic E-state index is 0.0419. The van der Waals surface area contributed by atoms with Crippen molar-refractivity contribution >= 4 is 5.78 Å². The molecule has 0 amide bonds. The average Bonchev–Trinajstić information content (AvgIpc) is 2.28. The van der Waals surface area contributed by atoms with E-state index in [1.54, 1.807) is 19.1 Å². The van der Waals surface area contributed by atoms with E-state index in [4.69, 9.17) is 0 Å². The van der Waals surface area contributed by atoms with E-state index in [1.165, 1.54) is 6.07 Å². The first-order valence-corrected chi connectivity index (χ1v) is 6.39. The molecule has 94 valence electrons. The lowest BCUT2D eigenvalue weighted by molar-refractivity contribution is -0.117. The molecule has 0 saturated carbocycles. The van der Waals surface area contributed by atoms with Gasteiger partial charge in [-0.1, -0.05) is 44.4 Å². The Morgan fingerprint density at radius 2 is 2.00 bits per heavy atom. The summed E-state index contributed by atoms with van der Waals surface area (Å²) in [6.45, 7) is 3.72. The molecule has 1 rings (SSSR count). The van der Waals surface area contributed by atoms with Gasteiger partial charge in [0.15, 0.2) is 0 Å². The van der Waals surface area contributed by atoms with Gasteiger partial charge in [0.2, 0.25) is 0 Å². The van der Waals surface area contributed by atoms with E-state index in [9.17, 15) is 9.18 Å². The van der Waals surface area contributed by atoms with Crippen LogP contribution in [0, 0.1) is 5.82 Å². The van der Waals surface area contributed by atoms with E-state index in [-0.39, 0.29) is 17.5 Å². The Kier molecular flexibility index (Phi) is 5.88. The third-order valence-electron chi connectivity index (χ3n) is 3.04. The number of hydrogen-bond acceptors (Lipinski definition) is 1. The van der Waals surface area contributed by atoms with E-state index in [0.29, 0.717) is 12.0 Å². The Bertz CT molecular complexity index is 360. The van der Waals surface area contributed by atoms with E-state index >= 15 is 0 Å². The van der Waals surface area contributed by atoms with Crippen molar-refractivity contribution in [2.24, 2.45) is 0 Å². The van der Waals surface area contributed by atoms with Crippen molar-refractivity contribution in [2.75, 3.05) is 0 Å². The van der Waals surface area contributed by atoms with Crippen LogP contribution in [0.25, 0.3) is 0 Å². The number of ketones is 1. The molecular weight excluding hydrogens is 215 g/mol. The van der Waals surface area contributed by atoms with Crippen LogP contribution in [0.2, 0.25) is 0 Å². The zero-order valence-corrected chi connectivity index (χ0v) is 10.7. The molecule has 17 heavy (non-hydrogen) atoms. The highest BCUT2D eigenvalue weighted by molar-refractivity contribution is 5.76. The van der Waals surface area contributed by atoms with Crippen molar-refractivity contribution in [1.82, 2.24) is 0 Å². The highest BCUT2D eigenvalue weighted by Gasteiger charge is 2.16. The van der Waals surface area contributed by atoms with E-state index in [0.717, 1.165) is 25.7 Å². The second kappa shape index (κ2) is 7.21. The first-order valence-electron chi connectivity index (χ1n) is 6.39. The number of benzene rings is 1. The third-order valence-corrected chi connectivity index (χ3v) is 3.04.